The number of benzene rings is 2. The number of aryl methyl sites for hydroxylation is 1. The number of carboxylic acid groups (broad SMARTS) is 1. The van der Waals surface area contributed by atoms with Crippen molar-refractivity contribution in [3.8, 4) is 11.1 Å². The SMILES string of the molecule is CSc1sc(C(=N)N)cc1S(=O)c1cccc(-c2c(C)cccc2COCC(=O)O)c1. The number of nitrogens with one attached hydrogen (secondary N) is 1. The topological polar surface area (TPSA) is 113 Å². The van der Waals surface area contributed by atoms with Gasteiger partial charge in [0, 0.05) is 4.90 Å². The van der Waals surface area contributed by atoms with Crippen LogP contribution in [0, 0.1) is 12.3 Å². The summed E-state index contributed by atoms with van der Waals surface area (Å²) in [6.07, 6.45) is 1.91. The molecule has 0 bridgehead atoms. The highest BCUT2D eigenvalue weighted by molar-refractivity contribution is 8.01. The van der Waals surface area contributed by atoms with E-state index < -0.39 is 16.8 Å². The number of rotatable bonds is 9. The molecule has 1 atom stereocenters. The Morgan fingerprint density at radius 3 is 2.68 bits per heavy atom. The predicted molar refractivity (Wildman–Crippen MR) is 126 cm³/mol. The van der Waals surface area contributed by atoms with E-state index in [2.05, 4.69) is 0 Å². The van der Waals surface area contributed by atoms with E-state index in [1.165, 1.54) is 23.1 Å². The molecule has 3 aromatic rings. The van der Waals surface area contributed by atoms with E-state index in [9.17, 15) is 9.00 Å². The van der Waals surface area contributed by atoms with Crippen molar-refractivity contribution in [3.05, 3.63) is 64.5 Å². The van der Waals surface area contributed by atoms with E-state index in [0.717, 1.165) is 26.5 Å². The highest BCUT2D eigenvalue weighted by Gasteiger charge is 2.18. The lowest BCUT2D eigenvalue weighted by atomic mass is 9.95. The molecule has 4 N–H and O–H groups in total. The minimum Gasteiger partial charge on any atom is -0.480 e. The largest absolute Gasteiger partial charge is 0.480 e. The van der Waals surface area contributed by atoms with Crippen molar-refractivity contribution in [1.82, 2.24) is 0 Å². The van der Waals surface area contributed by atoms with Gasteiger partial charge in [-0.2, -0.15) is 0 Å². The fraction of sp³-hybridized carbons (Fsp3) is 0.182. The van der Waals surface area contributed by atoms with Crippen LogP contribution in [0.3, 0.4) is 0 Å². The van der Waals surface area contributed by atoms with Gasteiger partial charge in [0.25, 0.3) is 0 Å². The molecule has 3 rings (SSSR count). The Hall–Kier alpha value is -2.46. The normalized spacial score (nSPS) is 11.9. The second-order valence-electron chi connectivity index (χ2n) is 6.67. The first-order valence-electron chi connectivity index (χ1n) is 9.24. The van der Waals surface area contributed by atoms with Crippen molar-refractivity contribution in [2.24, 2.45) is 5.73 Å². The van der Waals surface area contributed by atoms with Crippen molar-refractivity contribution < 1.29 is 18.8 Å². The van der Waals surface area contributed by atoms with Crippen LogP contribution in [0.5, 0.6) is 0 Å². The molecule has 0 spiro atoms. The highest BCUT2D eigenvalue weighted by atomic mass is 32.2. The molecule has 162 valence electrons. The number of thioether (sulfide) groups is 1. The van der Waals surface area contributed by atoms with Crippen molar-refractivity contribution >= 4 is 45.7 Å². The third-order valence-electron chi connectivity index (χ3n) is 4.50. The third-order valence-corrected chi connectivity index (χ3v) is 8.46. The Kier molecular flexibility index (Phi) is 7.66. The number of hydrogen-bond acceptors (Lipinski definition) is 6. The maximum atomic E-state index is 13.4. The maximum Gasteiger partial charge on any atom is 0.329 e. The van der Waals surface area contributed by atoms with Crippen LogP contribution in [-0.2, 0) is 26.9 Å². The van der Waals surface area contributed by atoms with E-state index in [4.69, 9.17) is 21.0 Å². The predicted octanol–water partition coefficient (Wildman–Crippen LogP) is 4.50. The van der Waals surface area contributed by atoms with Crippen molar-refractivity contribution in [2.45, 2.75) is 27.5 Å². The van der Waals surface area contributed by atoms with Crippen molar-refractivity contribution in [3.63, 3.8) is 0 Å². The minimum absolute atomic E-state index is 0.0387. The van der Waals surface area contributed by atoms with Crippen LogP contribution in [0.15, 0.2) is 62.5 Å². The monoisotopic (exact) mass is 474 g/mol. The van der Waals surface area contributed by atoms with E-state index >= 15 is 0 Å². The molecule has 2 aromatic carbocycles. The number of hydrogen-bond donors (Lipinski definition) is 3. The van der Waals surface area contributed by atoms with E-state index in [1.807, 2.05) is 55.6 Å². The van der Waals surface area contributed by atoms with E-state index in [-0.39, 0.29) is 19.0 Å². The highest BCUT2D eigenvalue weighted by Crippen LogP contribution is 2.36. The quantitative estimate of drug-likeness (QED) is 0.239. The Labute approximate surface area is 191 Å². The molecule has 0 fully saturated rings. The number of ether oxygens (including phenoxy) is 1. The minimum atomic E-state index is -1.43. The zero-order valence-corrected chi connectivity index (χ0v) is 19.5. The molecular weight excluding hydrogens is 452 g/mol. The van der Waals surface area contributed by atoms with Crippen LogP contribution in [0.25, 0.3) is 11.1 Å². The standard InChI is InChI=1S/C22H22N2O4S3/c1-13-5-3-7-15(11-28-12-19(25)26)20(13)14-6-4-8-16(9-14)31(27)18-10-17(21(23)24)30-22(18)29-2/h3-10H,11-12H2,1-2H3,(H3,23,24)(H,25,26). The molecule has 0 saturated heterocycles. The summed E-state index contributed by atoms with van der Waals surface area (Å²) in [5.74, 6) is -1.06. The summed E-state index contributed by atoms with van der Waals surface area (Å²) >= 11 is 2.85. The molecule has 0 aliphatic rings. The van der Waals surface area contributed by atoms with Gasteiger partial charge in [0.1, 0.15) is 12.4 Å². The molecule has 1 unspecified atom stereocenters. The van der Waals surface area contributed by atoms with Gasteiger partial charge in [-0.1, -0.05) is 30.3 Å². The number of thiophene rings is 1. The lowest BCUT2D eigenvalue weighted by Crippen LogP contribution is -2.08. The Balaban J connectivity index is 1.99. The lowest BCUT2D eigenvalue weighted by Gasteiger charge is -2.14. The summed E-state index contributed by atoms with van der Waals surface area (Å²) in [5, 5.41) is 16.5. The zero-order valence-electron chi connectivity index (χ0n) is 17.0. The molecule has 0 radical (unpaired) electrons. The van der Waals surface area contributed by atoms with Crippen LogP contribution >= 0.6 is 23.1 Å². The smallest absolute Gasteiger partial charge is 0.329 e. The fourth-order valence-electron chi connectivity index (χ4n) is 3.17. The zero-order chi connectivity index (χ0) is 22.5. The molecule has 6 nitrogen and oxygen atoms in total. The summed E-state index contributed by atoms with van der Waals surface area (Å²) in [5.41, 5.74) is 9.31. The van der Waals surface area contributed by atoms with Crippen LogP contribution < -0.4 is 5.73 Å². The van der Waals surface area contributed by atoms with E-state index in [0.29, 0.717) is 14.7 Å². The number of amidine groups is 1. The van der Waals surface area contributed by atoms with Gasteiger partial charge in [0.15, 0.2) is 0 Å². The number of nitrogen functional groups attached to an aromatic ring is 1. The second-order valence-corrected chi connectivity index (χ2v) is 10.2. The molecule has 1 aromatic heterocycles. The molecule has 9 heteroatoms. The first-order chi connectivity index (χ1) is 14.8. The van der Waals surface area contributed by atoms with Gasteiger partial charge < -0.3 is 15.6 Å². The van der Waals surface area contributed by atoms with Crippen LogP contribution in [0.1, 0.15) is 16.0 Å². The van der Waals surface area contributed by atoms with Gasteiger partial charge in [0.05, 0.1) is 31.4 Å². The fourth-order valence-corrected chi connectivity index (χ4v) is 6.64. The first-order valence-corrected chi connectivity index (χ1v) is 12.4. The van der Waals surface area contributed by atoms with Crippen molar-refractivity contribution in [1.29, 1.82) is 5.41 Å². The Bertz CT molecular complexity index is 1160. The number of carboxylic acids is 1. The second kappa shape index (κ2) is 10.2. The van der Waals surface area contributed by atoms with Gasteiger partial charge in [-0.25, -0.2) is 9.00 Å². The van der Waals surface area contributed by atoms with Gasteiger partial charge in [-0.15, -0.1) is 23.1 Å². The Morgan fingerprint density at radius 2 is 2.00 bits per heavy atom. The lowest BCUT2D eigenvalue weighted by molar-refractivity contribution is -0.142. The molecule has 1 heterocycles. The van der Waals surface area contributed by atoms with Crippen molar-refractivity contribution in [2.75, 3.05) is 12.9 Å². The molecule has 31 heavy (non-hydrogen) atoms. The van der Waals surface area contributed by atoms with Gasteiger partial charge in [0.2, 0.25) is 0 Å². The van der Waals surface area contributed by atoms with Crippen LogP contribution in [0.2, 0.25) is 0 Å². The number of carbonyl (C=O) groups is 1. The summed E-state index contributed by atoms with van der Waals surface area (Å²) < 4.78 is 19.5. The maximum absolute atomic E-state index is 13.4. The van der Waals surface area contributed by atoms with Crippen LogP contribution in [0.4, 0.5) is 0 Å². The summed E-state index contributed by atoms with van der Waals surface area (Å²) in [6.45, 7) is 1.77. The molecular formula is C22H22N2O4S3. The summed E-state index contributed by atoms with van der Waals surface area (Å²) in [7, 11) is -1.43. The molecule has 0 saturated carbocycles. The summed E-state index contributed by atoms with van der Waals surface area (Å²) in [4.78, 5) is 12.7. The van der Waals surface area contributed by atoms with E-state index in [1.54, 1.807) is 6.07 Å². The summed E-state index contributed by atoms with van der Waals surface area (Å²) in [6, 6.07) is 15.0. The Morgan fingerprint density at radius 1 is 1.26 bits per heavy atom. The molecule has 0 amide bonds. The third kappa shape index (κ3) is 5.43. The molecule has 0 aliphatic heterocycles. The van der Waals surface area contributed by atoms with Crippen LogP contribution in [-0.4, -0.2) is 34.0 Å². The molecule has 0 aliphatic carbocycles. The van der Waals surface area contributed by atoms with Gasteiger partial charge in [-0.05, 0) is 53.6 Å². The van der Waals surface area contributed by atoms with Gasteiger partial charge in [-0.3, -0.25) is 5.41 Å². The average molecular weight is 475 g/mol. The number of aliphatic carboxylic acids is 1. The number of nitrogens with two attached hydrogens (primary N) is 1. The average Bonchev–Trinajstić information content (AvgIpc) is 3.18. The first kappa shape index (κ1) is 23.2. The van der Waals surface area contributed by atoms with Gasteiger partial charge >= 0.3 is 5.97 Å².